The van der Waals surface area contributed by atoms with E-state index in [1.165, 1.54) is 5.57 Å². The lowest BCUT2D eigenvalue weighted by atomic mass is 9.69. The minimum atomic E-state index is -0.125. The van der Waals surface area contributed by atoms with Crippen LogP contribution in [0.15, 0.2) is 35.9 Å². The van der Waals surface area contributed by atoms with Crippen molar-refractivity contribution in [2.45, 2.75) is 33.6 Å². The molecule has 1 aromatic rings. The third-order valence-corrected chi connectivity index (χ3v) is 6.17. The highest BCUT2D eigenvalue weighted by Gasteiger charge is 2.32. The van der Waals surface area contributed by atoms with Gasteiger partial charge in [0.1, 0.15) is 0 Å². The summed E-state index contributed by atoms with van der Waals surface area (Å²) < 4.78 is 0. The first-order chi connectivity index (χ1) is 14.7. The number of benzene rings is 1. The first kappa shape index (κ1) is 24.6. The summed E-state index contributed by atoms with van der Waals surface area (Å²) in [5, 5.41) is 15.0. The maximum absolute atomic E-state index is 12.5. The fourth-order valence-electron chi connectivity index (χ4n) is 4.23. The molecular weight excluding hydrogens is 388 g/mol. The Morgan fingerprint density at radius 3 is 2.45 bits per heavy atom. The van der Waals surface area contributed by atoms with Gasteiger partial charge in [-0.05, 0) is 75.4 Å². The predicted molar refractivity (Wildman–Crippen MR) is 123 cm³/mol. The van der Waals surface area contributed by atoms with E-state index in [0.29, 0.717) is 42.5 Å². The van der Waals surface area contributed by atoms with E-state index in [1.807, 2.05) is 14.1 Å². The molecule has 0 radical (unpaired) electrons. The zero-order valence-corrected chi connectivity index (χ0v) is 19.4. The van der Waals surface area contributed by atoms with Crippen molar-refractivity contribution in [2.24, 2.45) is 23.7 Å². The van der Waals surface area contributed by atoms with Crippen LogP contribution < -0.4 is 10.6 Å². The molecular formula is C25H36N4O2. The van der Waals surface area contributed by atoms with E-state index in [9.17, 15) is 9.59 Å². The molecule has 0 aromatic heterocycles. The van der Waals surface area contributed by atoms with Crippen LogP contribution in [0.1, 0.15) is 49.5 Å². The van der Waals surface area contributed by atoms with E-state index >= 15 is 0 Å². The summed E-state index contributed by atoms with van der Waals surface area (Å²) >= 11 is 0. The molecule has 0 aliphatic heterocycles. The summed E-state index contributed by atoms with van der Waals surface area (Å²) in [6.45, 7) is 8.59. The quantitative estimate of drug-likeness (QED) is 0.596. The van der Waals surface area contributed by atoms with E-state index < -0.39 is 0 Å². The zero-order chi connectivity index (χ0) is 23.0. The van der Waals surface area contributed by atoms with Gasteiger partial charge in [-0.25, -0.2) is 0 Å². The van der Waals surface area contributed by atoms with Gasteiger partial charge in [0.05, 0.1) is 11.6 Å². The number of carbonyl (C=O) groups excluding carboxylic acids is 2. The number of hydrogen-bond donors (Lipinski definition) is 2. The van der Waals surface area contributed by atoms with Gasteiger partial charge >= 0.3 is 0 Å². The van der Waals surface area contributed by atoms with Crippen LogP contribution >= 0.6 is 0 Å². The number of carbonyl (C=O) groups is 2. The molecule has 2 amide bonds. The first-order valence-corrected chi connectivity index (χ1v) is 11.1. The monoisotopic (exact) mass is 424 g/mol. The SMILES string of the molecule is CC1=C[C@@H](CNC(=O)c2ccc(C#N)cc2)[C@H](C(C)C)C[C@H]1CC(=O)NCCN(C)C. The Hall–Kier alpha value is -2.65. The summed E-state index contributed by atoms with van der Waals surface area (Å²) in [7, 11) is 3.99. The summed E-state index contributed by atoms with van der Waals surface area (Å²) in [5.74, 6) is 1.34. The van der Waals surface area contributed by atoms with Crippen LogP contribution in [0.5, 0.6) is 0 Å². The summed E-state index contributed by atoms with van der Waals surface area (Å²) in [4.78, 5) is 27.0. The van der Waals surface area contributed by atoms with Gasteiger partial charge in [0.2, 0.25) is 5.91 Å². The van der Waals surface area contributed by atoms with Gasteiger partial charge in [0.15, 0.2) is 0 Å². The Morgan fingerprint density at radius 1 is 1.19 bits per heavy atom. The highest BCUT2D eigenvalue weighted by atomic mass is 16.2. The van der Waals surface area contributed by atoms with E-state index in [2.05, 4.69) is 48.4 Å². The predicted octanol–water partition coefficient (Wildman–Crippen LogP) is 3.21. The third-order valence-electron chi connectivity index (χ3n) is 6.17. The van der Waals surface area contributed by atoms with E-state index in [1.54, 1.807) is 24.3 Å². The number of hydrogen-bond acceptors (Lipinski definition) is 4. The smallest absolute Gasteiger partial charge is 0.251 e. The number of nitrogens with one attached hydrogen (secondary N) is 2. The second-order valence-corrected chi connectivity index (χ2v) is 9.17. The molecule has 2 rings (SSSR count). The number of likely N-dealkylation sites (N-methyl/N-ethyl adjacent to an activating group) is 1. The van der Waals surface area contributed by atoms with Crippen LogP contribution in [0.25, 0.3) is 0 Å². The van der Waals surface area contributed by atoms with Crippen LogP contribution in [0.3, 0.4) is 0 Å². The second kappa shape index (κ2) is 11.7. The van der Waals surface area contributed by atoms with Gasteiger partial charge in [0.25, 0.3) is 5.91 Å². The molecule has 0 saturated carbocycles. The highest BCUT2D eigenvalue weighted by Crippen LogP contribution is 2.38. The molecule has 168 valence electrons. The Bertz CT molecular complexity index is 821. The van der Waals surface area contributed by atoms with Crippen molar-refractivity contribution in [3.63, 3.8) is 0 Å². The Morgan fingerprint density at radius 2 is 1.87 bits per heavy atom. The Balaban J connectivity index is 1.97. The molecule has 0 fully saturated rings. The summed E-state index contributed by atoms with van der Waals surface area (Å²) in [6.07, 6.45) is 3.73. The van der Waals surface area contributed by atoms with Crippen molar-refractivity contribution in [3.05, 3.63) is 47.0 Å². The molecule has 0 heterocycles. The van der Waals surface area contributed by atoms with Crippen molar-refractivity contribution < 1.29 is 9.59 Å². The molecule has 0 saturated heterocycles. The van der Waals surface area contributed by atoms with Crippen LogP contribution in [0.4, 0.5) is 0 Å². The van der Waals surface area contributed by atoms with Gasteiger partial charge in [-0.15, -0.1) is 0 Å². The molecule has 3 atom stereocenters. The van der Waals surface area contributed by atoms with Gasteiger partial charge in [0, 0.05) is 31.6 Å². The third kappa shape index (κ3) is 7.52. The average Bonchev–Trinajstić information content (AvgIpc) is 2.73. The lowest BCUT2D eigenvalue weighted by Gasteiger charge is -2.37. The van der Waals surface area contributed by atoms with E-state index in [0.717, 1.165) is 13.0 Å². The van der Waals surface area contributed by atoms with Crippen LogP contribution in [-0.4, -0.2) is 50.4 Å². The molecule has 0 spiro atoms. The molecule has 1 aromatic carbocycles. The van der Waals surface area contributed by atoms with E-state index in [4.69, 9.17) is 5.26 Å². The standard InChI is InChI=1S/C25H36N4O2/c1-17(2)23-13-21(14-24(30)27-10-11-29(4)5)18(3)12-22(23)16-28-25(31)20-8-6-19(15-26)7-9-20/h6-9,12,17,21-23H,10-11,13-14,16H2,1-5H3,(H,27,30)(H,28,31)/t21-,22-,23-/m0/s1. The van der Waals surface area contributed by atoms with Gasteiger partial charge < -0.3 is 15.5 Å². The maximum Gasteiger partial charge on any atom is 0.251 e. The van der Waals surface area contributed by atoms with Crippen molar-refractivity contribution in [1.29, 1.82) is 5.26 Å². The van der Waals surface area contributed by atoms with Crippen LogP contribution in [0.2, 0.25) is 0 Å². The molecule has 6 nitrogen and oxygen atoms in total. The van der Waals surface area contributed by atoms with Gasteiger partial charge in [-0.3, -0.25) is 9.59 Å². The van der Waals surface area contributed by atoms with Gasteiger partial charge in [-0.2, -0.15) is 5.26 Å². The second-order valence-electron chi connectivity index (χ2n) is 9.17. The van der Waals surface area contributed by atoms with E-state index in [-0.39, 0.29) is 23.7 Å². The van der Waals surface area contributed by atoms with Crippen molar-refractivity contribution in [2.75, 3.05) is 33.7 Å². The van der Waals surface area contributed by atoms with Crippen LogP contribution in [0, 0.1) is 35.0 Å². The Kier molecular flexibility index (Phi) is 9.26. The van der Waals surface area contributed by atoms with Crippen molar-refractivity contribution in [3.8, 4) is 6.07 Å². The molecule has 6 heteroatoms. The largest absolute Gasteiger partial charge is 0.355 e. The van der Waals surface area contributed by atoms with Gasteiger partial charge in [-0.1, -0.05) is 25.5 Å². The number of rotatable bonds is 9. The molecule has 2 N–H and O–H groups in total. The van der Waals surface area contributed by atoms with Crippen LogP contribution in [-0.2, 0) is 4.79 Å². The fourth-order valence-corrected chi connectivity index (χ4v) is 4.23. The lowest BCUT2D eigenvalue weighted by Crippen LogP contribution is -2.38. The molecule has 1 aliphatic carbocycles. The minimum Gasteiger partial charge on any atom is -0.355 e. The normalized spacial score (nSPS) is 20.8. The topological polar surface area (TPSA) is 85.2 Å². The zero-order valence-electron chi connectivity index (χ0n) is 19.4. The molecule has 0 unspecified atom stereocenters. The average molecular weight is 425 g/mol. The van der Waals surface area contributed by atoms with Crippen molar-refractivity contribution >= 4 is 11.8 Å². The molecule has 31 heavy (non-hydrogen) atoms. The minimum absolute atomic E-state index is 0.106. The fraction of sp³-hybridized carbons (Fsp3) is 0.560. The van der Waals surface area contributed by atoms with Crippen molar-refractivity contribution in [1.82, 2.24) is 15.5 Å². The molecule has 0 bridgehead atoms. The summed E-state index contributed by atoms with van der Waals surface area (Å²) in [5.41, 5.74) is 2.33. The summed E-state index contributed by atoms with van der Waals surface area (Å²) in [6, 6.07) is 8.74. The highest BCUT2D eigenvalue weighted by molar-refractivity contribution is 5.94. The number of amides is 2. The number of nitrogens with zero attached hydrogens (tertiary/aromatic N) is 2. The Labute approximate surface area is 186 Å². The first-order valence-electron chi connectivity index (χ1n) is 11.1. The number of nitriles is 1. The maximum atomic E-state index is 12.5. The molecule has 1 aliphatic rings. The number of allylic oxidation sites excluding steroid dienone is 1. The lowest BCUT2D eigenvalue weighted by molar-refractivity contribution is -0.122.